The van der Waals surface area contributed by atoms with Crippen molar-refractivity contribution in [2.45, 2.75) is 45.7 Å². The Labute approximate surface area is 190 Å². The Morgan fingerprint density at radius 3 is 1.94 bits per heavy atom. The Kier molecular flexibility index (Phi) is 5.07. The summed E-state index contributed by atoms with van der Waals surface area (Å²) in [5, 5.41) is 4.75. The zero-order valence-electron chi connectivity index (χ0n) is 18.6. The van der Waals surface area contributed by atoms with E-state index in [0.29, 0.717) is 17.1 Å². The lowest BCUT2D eigenvalue weighted by Gasteiger charge is -2.12. The van der Waals surface area contributed by atoms with Crippen molar-refractivity contribution in [3.05, 3.63) is 82.7 Å². The first kappa shape index (κ1) is 21.4. The van der Waals surface area contributed by atoms with Crippen LogP contribution in [-0.4, -0.2) is 19.7 Å². The van der Waals surface area contributed by atoms with Crippen LogP contribution in [0.25, 0.3) is 28.5 Å². The van der Waals surface area contributed by atoms with Gasteiger partial charge in [0.25, 0.3) is 5.95 Å². The topological polar surface area (TPSA) is 43.6 Å². The first-order valence-electron chi connectivity index (χ1n) is 10.9. The van der Waals surface area contributed by atoms with Gasteiger partial charge in [0, 0.05) is 28.3 Å². The molecule has 0 atom stereocenters. The molecule has 2 aromatic heterocycles. The van der Waals surface area contributed by atoms with Crippen LogP contribution in [0.5, 0.6) is 0 Å². The normalized spacial score (nSPS) is 14.0. The lowest BCUT2D eigenvalue weighted by Crippen LogP contribution is -2.15. The van der Waals surface area contributed by atoms with Gasteiger partial charge in [-0.2, -0.15) is 23.0 Å². The summed E-state index contributed by atoms with van der Waals surface area (Å²) < 4.78 is 42.5. The Balaban J connectivity index is 1.76. The predicted octanol–water partition coefficient (Wildman–Crippen LogP) is 6.82. The van der Waals surface area contributed by atoms with Gasteiger partial charge < -0.3 is 0 Å². The van der Waals surface area contributed by atoms with Crippen molar-refractivity contribution in [3.63, 3.8) is 0 Å². The molecular weight excluding hydrogens is 425 g/mol. The second-order valence-corrected chi connectivity index (χ2v) is 8.72. The fourth-order valence-electron chi connectivity index (χ4n) is 3.96. The molecule has 1 aliphatic carbocycles. The van der Waals surface area contributed by atoms with Gasteiger partial charge in [0.05, 0.1) is 11.4 Å². The van der Waals surface area contributed by atoms with Gasteiger partial charge in [0.15, 0.2) is 0 Å². The summed E-state index contributed by atoms with van der Waals surface area (Å²) in [7, 11) is 0. The molecule has 0 unspecified atom stereocenters. The second kappa shape index (κ2) is 7.83. The van der Waals surface area contributed by atoms with E-state index in [1.54, 1.807) is 0 Å². The monoisotopic (exact) mass is 448 g/mol. The van der Waals surface area contributed by atoms with E-state index < -0.39 is 11.9 Å². The Bertz CT molecular complexity index is 1320. The fourth-order valence-corrected chi connectivity index (χ4v) is 3.96. The van der Waals surface area contributed by atoms with Gasteiger partial charge in [-0.3, -0.25) is 0 Å². The number of hydrogen-bond acceptors (Lipinski definition) is 3. The minimum Gasteiger partial charge on any atom is -0.216 e. The van der Waals surface area contributed by atoms with Gasteiger partial charge in [-0.15, -0.1) is 0 Å². The number of nitrogens with zero attached hydrogens (tertiary/aromatic N) is 4. The van der Waals surface area contributed by atoms with Crippen molar-refractivity contribution in [1.29, 1.82) is 0 Å². The molecular formula is C26H23F3N4. The molecule has 33 heavy (non-hydrogen) atoms. The lowest BCUT2D eigenvalue weighted by molar-refractivity contribution is -0.141. The minimum atomic E-state index is -4.56. The van der Waals surface area contributed by atoms with Crippen LogP contribution in [0.3, 0.4) is 0 Å². The van der Waals surface area contributed by atoms with Crippen molar-refractivity contribution in [3.8, 4) is 28.5 Å². The molecule has 0 bridgehead atoms. The number of aryl methyl sites for hydroxylation is 2. The zero-order chi connectivity index (χ0) is 23.3. The van der Waals surface area contributed by atoms with Crippen LogP contribution in [0.4, 0.5) is 13.2 Å². The first-order chi connectivity index (χ1) is 15.7. The first-order valence-corrected chi connectivity index (χ1v) is 10.9. The molecule has 1 saturated carbocycles. The fraction of sp³-hybridized carbons (Fsp3) is 0.269. The molecule has 1 aliphatic rings. The summed E-state index contributed by atoms with van der Waals surface area (Å²) in [4.78, 5) is 8.45. The maximum atomic E-state index is 13.7. The number of halogens is 3. The van der Waals surface area contributed by atoms with E-state index in [1.807, 2.05) is 69.3 Å². The van der Waals surface area contributed by atoms with Crippen LogP contribution in [0.15, 0.2) is 54.6 Å². The highest BCUT2D eigenvalue weighted by molar-refractivity contribution is 5.75. The van der Waals surface area contributed by atoms with Crippen LogP contribution < -0.4 is 0 Å². The Morgan fingerprint density at radius 2 is 1.39 bits per heavy atom. The van der Waals surface area contributed by atoms with E-state index in [4.69, 9.17) is 5.10 Å². The molecule has 7 heteroatoms. The van der Waals surface area contributed by atoms with Gasteiger partial charge in [-0.1, -0.05) is 59.7 Å². The van der Waals surface area contributed by atoms with Crippen LogP contribution in [-0.2, 0) is 6.18 Å². The van der Waals surface area contributed by atoms with E-state index in [1.165, 1.54) is 4.68 Å². The highest BCUT2D eigenvalue weighted by Crippen LogP contribution is 2.41. The van der Waals surface area contributed by atoms with Gasteiger partial charge in [0.2, 0.25) is 0 Å². The van der Waals surface area contributed by atoms with E-state index in [2.05, 4.69) is 9.97 Å². The van der Waals surface area contributed by atoms with E-state index in [0.717, 1.165) is 46.7 Å². The van der Waals surface area contributed by atoms with Crippen molar-refractivity contribution in [1.82, 2.24) is 19.7 Å². The standard InChI is InChI=1S/C26H23F3N4/c1-15-4-8-19(9-5-15)23-17(3)24(20-10-6-16(2)7-11-20)33(32-23)25-30-21(18-12-13-18)14-22(31-25)26(27,28)29/h4-11,14,18H,12-13H2,1-3H3. The Morgan fingerprint density at radius 1 is 0.818 bits per heavy atom. The van der Waals surface area contributed by atoms with Crippen LogP contribution in [0.1, 0.15) is 46.8 Å². The molecule has 0 N–H and O–H groups in total. The van der Waals surface area contributed by atoms with Gasteiger partial charge in [-0.05, 0) is 39.7 Å². The minimum absolute atomic E-state index is 0.0453. The average Bonchev–Trinajstić information content (AvgIpc) is 3.58. The number of rotatable bonds is 4. The van der Waals surface area contributed by atoms with Gasteiger partial charge >= 0.3 is 6.18 Å². The molecule has 2 heterocycles. The molecule has 0 aliphatic heterocycles. The number of alkyl halides is 3. The summed E-state index contributed by atoms with van der Waals surface area (Å²) in [5.41, 5.74) is 5.67. The summed E-state index contributed by atoms with van der Waals surface area (Å²) in [5.74, 6) is -0.00679. The maximum Gasteiger partial charge on any atom is 0.433 e. The smallest absolute Gasteiger partial charge is 0.216 e. The zero-order valence-corrected chi connectivity index (χ0v) is 18.6. The van der Waals surface area contributed by atoms with E-state index in [-0.39, 0.29) is 11.9 Å². The van der Waals surface area contributed by atoms with Crippen LogP contribution in [0, 0.1) is 20.8 Å². The molecule has 5 rings (SSSR count). The number of hydrogen-bond donors (Lipinski definition) is 0. The SMILES string of the molecule is Cc1ccc(-c2nn(-c3nc(C4CC4)cc(C(F)(F)F)n3)c(-c3ccc(C)cc3)c2C)cc1. The molecule has 4 aromatic rings. The lowest BCUT2D eigenvalue weighted by atomic mass is 10.0. The third kappa shape index (κ3) is 4.15. The predicted molar refractivity (Wildman–Crippen MR) is 121 cm³/mol. The third-order valence-corrected chi connectivity index (χ3v) is 5.98. The van der Waals surface area contributed by atoms with Crippen LogP contribution >= 0.6 is 0 Å². The van der Waals surface area contributed by atoms with Gasteiger partial charge in [-0.25, -0.2) is 9.97 Å². The molecule has 0 radical (unpaired) electrons. The quantitative estimate of drug-likeness (QED) is 0.344. The molecule has 168 valence electrons. The Hall–Kier alpha value is -3.48. The summed E-state index contributed by atoms with van der Waals surface area (Å²) in [6.07, 6.45) is -2.88. The summed E-state index contributed by atoms with van der Waals surface area (Å²) in [6.45, 7) is 5.93. The molecule has 0 amide bonds. The summed E-state index contributed by atoms with van der Waals surface area (Å²) in [6, 6.07) is 16.8. The molecule has 1 fully saturated rings. The third-order valence-electron chi connectivity index (χ3n) is 5.98. The molecule has 0 saturated heterocycles. The van der Waals surface area contributed by atoms with Crippen molar-refractivity contribution < 1.29 is 13.2 Å². The largest absolute Gasteiger partial charge is 0.433 e. The highest BCUT2D eigenvalue weighted by Gasteiger charge is 2.36. The van der Waals surface area contributed by atoms with E-state index in [9.17, 15) is 13.2 Å². The maximum absolute atomic E-state index is 13.7. The molecule has 0 spiro atoms. The second-order valence-electron chi connectivity index (χ2n) is 8.72. The number of aromatic nitrogens is 4. The van der Waals surface area contributed by atoms with Crippen molar-refractivity contribution >= 4 is 0 Å². The van der Waals surface area contributed by atoms with Crippen LogP contribution in [0.2, 0.25) is 0 Å². The highest BCUT2D eigenvalue weighted by atomic mass is 19.4. The molecule has 4 nitrogen and oxygen atoms in total. The van der Waals surface area contributed by atoms with Crippen molar-refractivity contribution in [2.75, 3.05) is 0 Å². The van der Waals surface area contributed by atoms with Crippen molar-refractivity contribution in [2.24, 2.45) is 0 Å². The van der Waals surface area contributed by atoms with Gasteiger partial charge in [0.1, 0.15) is 5.69 Å². The average molecular weight is 448 g/mol. The summed E-state index contributed by atoms with van der Waals surface area (Å²) >= 11 is 0. The van der Waals surface area contributed by atoms with E-state index >= 15 is 0 Å². The number of benzene rings is 2. The molecule has 2 aromatic carbocycles.